The normalized spacial score (nSPS) is 21.1. The number of hydrogen-bond acceptors (Lipinski definition) is 4. The van der Waals surface area contributed by atoms with Gasteiger partial charge in [0, 0.05) is 44.9 Å². The molecule has 1 N–H and O–H groups in total. The number of hydrogen-bond donors (Lipinski definition) is 1. The molecule has 2 fully saturated rings. The van der Waals surface area contributed by atoms with Crippen molar-refractivity contribution in [3.63, 3.8) is 0 Å². The number of urea groups is 1. The number of nitrogens with one attached hydrogen (secondary N) is 1. The Hall–Kier alpha value is -1.66. The molecule has 3 heterocycles. The van der Waals surface area contributed by atoms with Crippen LogP contribution in [0.15, 0.2) is 24.5 Å². The van der Waals surface area contributed by atoms with E-state index in [9.17, 15) is 4.79 Å². The van der Waals surface area contributed by atoms with Crippen LogP contribution in [0.25, 0.3) is 0 Å². The van der Waals surface area contributed by atoms with Crippen molar-refractivity contribution in [3.05, 3.63) is 30.1 Å². The molecule has 0 aromatic carbocycles. The predicted octanol–water partition coefficient (Wildman–Crippen LogP) is 1.13. The molecule has 0 unspecified atom stereocenters. The second kappa shape index (κ2) is 5.76. The first-order valence-electron chi connectivity index (χ1n) is 6.97. The van der Waals surface area contributed by atoms with Crippen LogP contribution in [-0.4, -0.2) is 48.0 Å². The van der Waals surface area contributed by atoms with Crippen LogP contribution in [-0.2, 0) is 16.0 Å². The van der Waals surface area contributed by atoms with Crippen LogP contribution in [0.4, 0.5) is 4.79 Å². The summed E-state index contributed by atoms with van der Waals surface area (Å²) < 4.78 is 11.3. The minimum absolute atomic E-state index is 0.0401. The molecule has 0 atom stereocenters. The minimum atomic E-state index is -0.430. The van der Waals surface area contributed by atoms with E-state index in [1.807, 2.05) is 17.0 Å². The fourth-order valence-electron chi connectivity index (χ4n) is 2.63. The van der Waals surface area contributed by atoms with Crippen molar-refractivity contribution < 1.29 is 14.3 Å². The van der Waals surface area contributed by atoms with Crippen LogP contribution in [0, 0.1) is 0 Å². The van der Waals surface area contributed by atoms with Crippen molar-refractivity contribution in [1.29, 1.82) is 0 Å². The summed E-state index contributed by atoms with van der Waals surface area (Å²) in [6, 6.07) is 3.77. The van der Waals surface area contributed by atoms with Gasteiger partial charge in [0.25, 0.3) is 0 Å². The third kappa shape index (κ3) is 2.91. The Labute approximate surface area is 118 Å². The van der Waals surface area contributed by atoms with E-state index in [0.29, 0.717) is 32.8 Å². The summed E-state index contributed by atoms with van der Waals surface area (Å²) in [4.78, 5) is 17.9. The topological polar surface area (TPSA) is 63.7 Å². The van der Waals surface area contributed by atoms with Gasteiger partial charge in [-0.15, -0.1) is 0 Å². The molecule has 0 radical (unpaired) electrons. The van der Waals surface area contributed by atoms with E-state index in [4.69, 9.17) is 9.47 Å². The molecule has 6 heteroatoms. The lowest BCUT2D eigenvalue weighted by atomic mass is 10.0. The first-order chi connectivity index (χ1) is 9.77. The monoisotopic (exact) mass is 277 g/mol. The SMILES string of the molecule is O=C(NCc1cccnc1)N1CCC2(CC1)OCCO2. The summed E-state index contributed by atoms with van der Waals surface area (Å²) in [6.07, 6.45) is 4.96. The Morgan fingerprint density at radius 2 is 2.10 bits per heavy atom. The Morgan fingerprint density at radius 1 is 1.35 bits per heavy atom. The molecule has 0 saturated carbocycles. The van der Waals surface area contributed by atoms with E-state index in [-0.39, 0.29) is 6.03 Å². The van der Waals surface area contributed by atoms with Crippen molar-refractivity contribution in [3.8, 4) is 0 Å². The highest BCUT2D eigenvalue weighted by Gasteiger charge is 2.40. The van der Waals surface area contributed by atoms with E-state index in [1.165, 1.54) is 0 Å². The highest BCUT2D eigenvalue weighted by molar-refractivity contribution is 5.74. The molecule has 0 bridgehead atoms. The van der Waals surface area contributed by atoms with Crippen molar-refractivity contribution in [2.45, 2.75) is 25.2 Å². The number of carbonyl (C=O) groups excluding carboxylic acids is 1. The van der Waals surface area contributed by atoms with Crippen LogP contribution < -0.4 is 5.32 Å². The van der Waals surface area contributed by atoms with Gasteiger partial charge in [0.1, 0.15) is 0 Å². The first-order valence-corrected chi connectivity index (χ1v) is 6.97. The molecule has 6 nitrogen and oxygen atoms in total. The molecule has 1 aromatic rings. The Kier molecular flexibility index (Phi) is 3.84. The van der Waals surface area contributed by atoms with Crippen molar-refractivity contribution in [2.24, 2.45) is 0 Å². The standard InChI is InChI=1S/C14H19N3O3/c18-13(16-11-12-2-1-5-15-10-12)17-6-3-14(4-7-17)19-8-9-20-14/h1-2,5,10H,3-4,6-9,11H2,(H,16,18). The lowest BCUT2D eigenvalue weighted by Gasteiger charge is -2.37. The van der Waals surface area contributed by atoms with E-state index < -0.39 is 5.79 Å². The zero-order valence-electron chi connectivity index (χ0n) is 11.4. The molecular weight excluding hydrogens is 258 g/mol. The van der Waals surface area contributed by atoms with Crippen LogP contribution in [0.3, 0.4) is 0 Å². The number of rotatable bonds is 2. The van der Waals surface area contributed by atoms with Crippen LogP contribution >= 0.6 is 0 Å². The van der Waals surface area contributed by atoms with E-state index in [0.717, 1.165) is 18.4 Å². The summed E-state index contributed by atoms with van der Waals surface area (Å²) in [6.45, 7) is 3.15. The van der Waals surface area contributed by atoms with Gasteiger partial charge in [0.05, 0.1) is 13.2 Å². The number of likely N-dealkylation sites (tertiary alicyclic amines) is 1. The highest BCUT2D eigenvalue weighted by Crippen LogP contribution is 2.31. The molecule has 0 aliphatic carbocycles. The van der Waals surface area contributed by atoms with Gasteiger partial charge in [-0.2, -0.15) is 0 Å². The van der Waals surface area contributed by atoms with E-state index in [1.54, 1.807) is 12.4 Å². The average molecular weight is 277 g/mol. The molecule has 1 spiro atoms. The third-order valence-electron chi connectivity index (χ3n) is 3.79. The number of amides is 2. The second-order valence-corrected chi connectivity index (χ2v) is 5.11. The predicted molar refractivity (Wildman–Crippen MR) is 71.9 cm³/mol. The molecule has 20 heavy (non-hydrogen) atoms. The smallest absolute Gasteiger partial charge is 0.317 e. The molecule has 2 saturated heterocycles. The summed E-state index contributed by atoms with van der Waals surface area (Å²) in [7, 11) is 0. The average Bonchev–Trinajstić information content (AvgIpc) is 2.95. The lowest BCUT2D eigenvalue weighted by molar-refractivity contribution is -0.181. The van der Waals surface area contributed by atoms with Crippen molar-refractivity contribution >= 4 is 6.03 Å². The number of pyridine rings is 1. The fourth-order valence-corrected chi connectivity index (χ4v) is 2.63. The molecule has 108 valence electrons. The Bertz CT molecular complexity index is 450. The van der Waals surface area contributed by atoms with Crippen LogP contribution in [0.5, 0.6) is 0 Å². The van der Waals surface area contributed by atoms with Gasteiger partial charge in [-0.25, -0.2) is 4.79 Å². The summed E-state index contributed by atoms with van der Waals surface area (Å²) in [5, 5.41) is 2.91. The lowest BCUT2D eigenvalue weighted by Crippen LogP contribution is -2.50. The molecule has 3 rings (SSSR count). The zero-order valence-corrected chi connectivity index (χ0v) is 11.4. The fraction of sp³-hybridized carbons (Fsp3) is 0.571. The van der Waals surface area contributed by atoms with Gasteiger partial charge in [-0.3, -0.25) is 4.98 Å². The van der Waals surface area contributed by atoms with Gasteiger partial charge in [-0.05, 0) is 11.6 Å². The Morgan fingerprint density at radius 3 is 2.75 bits per heavy atom. The quantitative estimate of drug-likeness (QED) is 0.880. The van der Waals surface area contributed by atoms with Gasteiger partial charge in [-0.1, -0.05) is 6.07 Å². The molecular formula is C14H19N3O3. The van der Waals surface area contributed by atoms with Gasteiger partial charge in [0.15, 0.2) is 5.79 Å². The number of aromatic nitrogens is 1. The minimum Gasteiger partial charge on any atom is -0.347 e. The van der Waals surface area contributed by atoms with Gasteiger partial charge in [0.2, 0.25) is 0 Å². The molecule has 1 aromatic heterocycles. The van der Waals surface area contributed by atoms with Crippen molar-refractivity contribution in [1.82, 2.24) is 15.2 Å². The number of nitrogens with zero attached hydrogens (tertiary/aromatic N) is 2. The second-order valence-electron chi connectivity index (χ2n) is 5.11. The Balaban J connectivity index is 1.47. The summed E-state index contributed by atoms with van der Waals surface area (Å²) >= 11 is 0. The summed E-state index contributed by atoms with van der Waals surface area (Å²) in [5.41, 5.74) is 0.997. The number of ether oxygens (including phenoxy) is 2. The number of carbonyl (C=O) groups is 1. The van der Waals surface area contributed by atoms with Crippen LogP contribution in [0.2, 0.25) is 0 Å². The maximum Gasteiger partial charge on any atom is 0.317 e. The van der Waals surface area contributed by atoms with Gasteiger partial charge < -0.3 is 19.7 Å². The summed E-state index contributed by atoms with van der Waals surface area (Å²) in [5.74, 6) is -0.430. The van der Waals surface area contributed by atoms with E-state index >= 15 is 0 Å². The first kappa shape index (κ1) is 13.3. The van der Waals surface area contributed by atoms with E-state index in [2.05, 4.69) is 10.3 Å². The van der Waals surface area contributed by atoms with Crippen LogP contribution in [0.1, 0.15) is 18.4 Å². The van der Waals surface area contributed by atoms with Gasteiger partial charge >= 0.3 is 6.03 Å². The maximum atomic E-state index is 12.1. The molecule has 2 amide bonds. The number of piperidine rings is 1. The maximum absolute atomic E-state index is 12.1. The molecule has 2 aliphatic rings. The van der Waals surface area contributed by atoms with Crippen molar-refractivity contribution in [2.75, 3.05) is 26.3 Å². The zero-order chi connectivity index (χ0) is 13.8. The highest BCUT2D eigenvalue weighted by atomic mass is 16.7. The largest absolute Gasteiger partial charge is 0.347 e. The third-order valence-corrected chi connectivity index (χ3v) is 3.79. The molecule has 2 aliphatic heterocycles.